The summed E-state index contributed by atoms with van der Waals surface area (Å²) in [6, 6.07) is 0. The number of carbonyl (C=O) groups excluding carboxylic acids is 1. The van der Waals surface area contributed by atoms with Crippen LogP contribution < -0.4 is 0 Å². The fourth-order valence-electron chi connectivity index (χ4n) is 1.67. The van der Waals surface area contributed by atoms with Crippen molar-refractivity contribution in [2.24, 2.45) is 11.8 Å². The molecule has 88 valence electrons. The van der Waals surface area contributed by atoms with Crippen LogP contribution in [0.15, 0.2) is 0 Å². The van der Waals surface area contributed by atoms with E-state index in [9.17, 15) is 9.18 Å². The molecule has 0 N–H and O–H groups in total. The van der Waals surface area contributed by atoms with Gasteiger partial charge in [-0.05, 0) is 25.2 Å². The minimum absolute atomic E-state index is 0.154. The molecule has 1 aliphatic heterocycles. The van der Waals surface area contributed by atoms with E-state index in [1.54, 1.807) is 6.92 Å². The molecule has 1 fully saturated rings. The van der Waals surface area contributed by atoms with Gasteiger partial charge in [0.05, 0.1) is 13.2 Å². The van der Waals surface area contributed by atoms with Crippen LogP contribution in [0.2, 0.25) is 0 Å². The van der Waals surface area contributed by atoms with E-state index < -0.39 is 12.1 Å². The highest BCUT2D eigenvalue weighted by molar-refractivity contribution is 14.1. The lowest BCUT2D eigenvalue weighted by atomic mass is 9.92. The molecular weight excluding hydrogens is 314 g/mol. The maximum atomic E-state index is 13.4. The first kappa shape index (κ1) is 13.2. The van der Waals surface area contributed by atoms with Crippen molar-refractivity contribution in [3.8, 4) is 0 Å². The number of alkyl halides is 2. The summed E-state index contributed by atoms with van der Waals surface area (Å²) >= 11 is 2.27. The van der Waals surface area contributed by atoms with E-state index in [-0.39, 0.29) is 18.9 Å². The Morgan fingerprint density at radius 2 is 2.27 bits per heavy atom. The topological polar surface area (TPSA) is 35.5 Å². The largest absolute Gasteiger partial charge is 0.464 e. The van der Waals surface area contributed by atoms with Gasteiger partial charge in [0.2, 0.25) is 0 Å². The molecule has 0 aliphatic carbocycles. The number of rotatable bonds is 5. The van der Waals surface area contributed by atoms with Crippen LogP contribution in [0.3, 0.4) is 0 Å². The van der Waals surface area contributed by atoms with E-state index in [1.807, 2.05) is 0 Å². The SMILES string of the molecule is CCOC(=O)C(F)CC1COCC1CI. The van der Waals surface area contributed by atoms with Crippen LogP contribution in [0.5, 0.6) is 0 Å². The number of hydrogen-bond donors (Lipinski definition) is 0. The zero-order chi connectivity index (χ0) is 11.3. The second-order valence-electron chi connectivity index (χ2n) is 3.67. The summed E-state index contributed by atoms with van der Waals surface area (Å²) < 4.78 is 24.3. The molecular formula is C10H16FIO3. The van der Waals surface area contributed by atoms with E-state index >= 15 is 0 Å². The average Bonchev–Trinajstić information content (AvgIpc) is 2.65. The summed E-state index contributed by atoms with van der Waals surface area (Å²) in [5, 5.41) is 0. The van der Waals surface area contributed by atoms with Gasteiger partial charge in [-0.25, -0.2) is 9.18 Å². The van der Waals surface area contributed by atoms with Gasteiger partial charge in [-0.2, -0.15) is 0 Å². The Morgan fingerprint density at radius 3 is 2.87 bits per heavy atom. The van der Waals surface area contributed by atoms with E-state index in [0.717, 1.165) is 4.43 Å². The Morgan fingerprint density at radius 1 is 1.60 bits per heavy atom. The molecule has 0 aromatic carbocycles. The maximum Gasteiger partial charge on any atom is 0.340 e. The van der Waals surface area contributed by atoms with Crippen molar-refractivity contribution in [2.75, 3.05) is 24.2 Å². The average molecular weight is 330 g/mol. The quantitative estimate of drug-likeness (QED) is 0.439. The van der Waals surface area contributed by atoms with Crippen LogP contribution in [0, 0.1) is 11.8 Å². The predicted molar refractivity (Wildman–Crippen MR) is 62.8 cm³/mol. The van der Waals surface area contributed by atoms with Gasteiger partial charge in [0.1, 0.15) is 0 Å². The van der Waals surface area contributed by atoms with Crippen LogP contribution in [-0.4, -0.2) is 36.4 Å². The summed E-state index contributed by atoms with van der Waals surface area (Å²) in [5.74, 6) is -0.212. The Balaban J connectivity index is 2.36. The smallest absolute Gasteiger partial charge is 0.340 e. The van der Waals surface area contributed by atoms with Crippen molar-refractivity contribution in [1.82, 2.24) is 0 Å². The first-order valence-corrected chi connectivity index (χ1v) is 6.66. The van der Waals surface area contributed by atoms with E-state index in [1.165, 1.54) is 0 Å². The Bertz CT molecular complexity index is 213. The molecule has 1 aliphatic rings. The lowest BCUT2D eigenvalue weighted by Gasteiger charge is -2.16. The van der Waals surface area contributed by atoms with Crippen molar-refractivity contribution in [2.45, 2.75) is 19.5 Å². The van der Waals surface area contributed by atoms with Crippen LogP contribution >= 0.6 is 22.6 Å². The van der Waals surface area contributed by atoms with E-state index in [4.69, 9.17) is 4.74 Å². The first-order chi connectivity index (χ1) is 7.19. The number of halogens is 2. The van der Waals surface area contributed by atoms with Crippen LogP contribution in [-0.2, 0) is 14.3 Å². The number of ether oxygens (including phenoxy) is 2. The summed E-state index contributed by atoms with van der Waals surface area (Å²) in [5.41, 5.74) is 0. The molecule has 0 amide bonds. The van der Waals surface area contributed by atoms with Gasteiger partial charge in [-0.15, -0.1) is 0 Å². The zero-order valence-corrected chi connectivity index (χ0v) is 10.9. The minimum atomic E-state index is -1.50. The van der Waals surface area contributed by atoms with Crippen molar-refractivity contribution in [3.05, 3.63) is 0 Å². The first-order valence-electron chi connectivity index (χ1n) is 5.13. The molecule has 0 bridgehead atoms. The van der Waals surface area contributed by atoms with E-state index in [2.05, 4.69) is 27.3 Å². The van der Waals surface area contributed by atoms with Gasteiger partial charge in [-0.1, -0.05) is 22.6 Å². The van der Waals surface area contributed by atoms with Gasteiger partial charge >= 0.3 is 5.97 Å². The normalized spacial score (nSPS) is 27.7. The summed E-state index contributed by atoms with van der Waals surface area (Å²) in [7, 11) is 0. The second-order valence-corrected chi connectivity index (χ2v) is 4.55. The fraction of sp³-hybridized carbons (Fsp3) is 0.900. The molecule has 3 nitrogen and oxygen atoms in total. The zero-order valence-electron chi connectivity index (χ0n) is 8.75. The van der Waals surface area contributed by atoms with Crippen LogP contribution in [0.4, 0.5) is 4.39 Å². The summed E-state index contributed by atoms with van der Waals surface area (Å²) in [4.78, 5) is 11.1. The molecule has 15 heavy (non-hydrogen) atoms. The van der Waals surface area contributed by atoms with Crippen molar-refractivity contribution in [1.29, 1.82) is 0 Å². The lowest BCUT2D eigenvalue weighted by molar-refractivity contribution is -0.149. The molecule has 0 spiro atoms. The van der Waals surface area contributed by atoms with Crippen molar-refractivity contribution >= 4 is 28.6 Å². The standard InChI is InChI=1S/C10H16FIO3/c1-2-15-10(13)9(11)3-7-5-14-6-8(7)4-12/h7-9H,2-6H2,1H3. The fourth-order valence-corrected chi connectivity index (χ4v) is 2.64. The van der Waals surface area contributed by atoms with Gasteiger partial charge in [-0.3, -0.25) is 0 Å². The minimum Gasteiger partial charge on any atom is -0.464 e. The Labute approximate surface area is 103 Å². The molecule has 1 heterocycles. The molecule has 0 aromatic rings. The number of esters is 1. The summed E-state index contributed by atoms with van der Waals surface area (Å²) in [6.07, 6.45) is -1.27. The molecule has 3 unspecified atom stereocenters. The third-order valence-corrected chi connectivity index (χ3v) is 3.71. The van der Waals surface area contributed by atoms with Crippen molar-refractivity contribution < 1.29 is 18.7 Å². The molecule has 0 saturated carbocycles. The Hall–Kier alpha value is 0.0900. The lowest BCUT2D eigenvalue weighted by Crippen LogP contribution is -2.25. The molecule has 0 aromatic heterocycles. The summed E-state index contributed by atoms with van der Waals surface area (Å²) in [6.45, 7) is 3.16. The molecule has 3 atom stereocenters. The van der Waals surface area contributed by atoms with Crippen molar-refractivity contribution in [3.63, 3.8) is 0 Å². The monoisotopic (exact) mass is 330 g/mol. The third-order valence-electron chi connectivity index (χ3n) is 2.58. The second kappa shape index (κ2) is 6.62. The van der Waals surface area contributed by atoms with Gasteiger partial charge in [0, 0.05) is 11.0 Å². The highest BCUT2D eigenvalue weighted by Crippen LogP contribution is 2.27. The molecule has 1 rings (SSSR count). The van der Waals surface area contributed by atoms with Crippen LogP contribution in [0.25, 0.3) is 0 Å². The van der Waals surface area contributed by atoms with Gasteiger partial charge in [0.15, 0.2) is 6.17 Å². The highest BCUT2D eigenvalue weighted by Gasteiger charge is 2.32. The highest BCUT2D eigenvalue weighted by atomic mass is 127. The van der Waals surface area contributed by atoms with Crippen LogP contribution in [0.1, 0.15) is 13.3 Å². The number of hydrogen-bond acceptors (Lipinski definition) is 3. The van der Waals surface area contributed by atoms with Gasteiger partial charge in [0.25, 0.3) is 0 Å². The Kier molecular flexibility index (Phi) is 5.81. The van der Waals surface area contributed by atoms with Gasteiger partial charge < -0.3 is 9.47 Å². The number of carbonyl (C=O) groups is 1. The molecule has 5 heteroatoms. The predicted octanol–water partition coefficient (Wildman–Crippen LogP) is 1.98. The molecule has 1 saturated heterocycles. The molecule has 0 radical (unpaired) electrons. The maximum absolute atomic E-state index is 13.4. The van der Waals surface area contributed by atoms with E-state index in [0.29, 0.717) is 19.1 Å². The third kappa shape index (κ3) is 3.86.